The van der Waals surface area contributed by atoms with E-state index >= 15 is 4.39 Å². The first-order chi connectivity index (χ1) is 14.1. The van der Waals surface area contributed by atoms with E-state index in [2.05, 4.69) is 5.32 Å². The van der Waals surface area contributed by atoms with Gasteiger partial charge in [0.25, 0.3) is 0 Å². The maximum Gasteiger partial charge on any atom is 0.413 e. The molecule has 0 bridgehead atoms. The zero-order valence-corrected chi connectivity index (χ0v) is 18.9. The van der Waals surface area contributed by atoms with E-state index in [9.17, 15) is 9.18 Å². The van der Waals surface area contributed by atoms with E-state index in [1.807, 2.05) is 13.8 Å². The summed E-state index contributed by atoms with van der Waals surface area (Å²) in [7, 11) is 0. The Morgan fingerprint density at radius 1 is 1.43 bits per heavy atom. The van der Waals surface area contributed by atoms with Gasteiger partial charge in [-0.2, -0.15) is 0 Å². The minimum absolute atomic E-state index is 0.0780. The molecule has 5 nitrogen and oxygen atoms in total. The molecule has 0 aliphatic carbocycles. The van der Waals surface area contributed by atoms with Crippen LogP contribution in [0.2, 0.25) is 0 Å². The molecule has 8 heteroatoms. The van der Waals surface area contributed by atoms with Crippen molar-refractivity contribution in [3.05, 3.63) is 35.1 Å². The fourth-order valence-electron chi connectivity index (χ4n) is 4.05. The molecular formula is C22H30F2N2O3S. The second-order valence-electron chi connectivity index (χ2n) is 8.91. The number of amides is 1. The van der Waals surface area contributed by atoms with Gasteiger partial charge in [-0.05, 0) is 52.2 Å². The van der Waals surface area contributed by atoms with E-state index < -0.39 is 35.0 Å². The molecule has 2 heterocycles. The molecule has 0 unspecified atom stereocenters. The Labute approximate surface area is 181 Å². The van der Waals surface area contributed by atoms with Crippen LogP contribution >= 0.6 is 11.8 Å². The quantitative estimate of drug-likeness (QED) is 0.721. The summed E-state index contributed by atoms with van der Waals surface area (Å²) in [4.78, 5) is 17.1. The number of nitrogens with one attached hydrogen (secondary N) is 1. The number of ether oxygens (including phenoxy) is 2. The van der Waals surface area contributed by atoms with Gasteiger partial charge in [0.1, 0.15) is 23.6 Å². The smallest absolute Gasteiger partial charge is 0.413 e. The van der Waals surface area contributed by atoms with Crippen molar-refractivity contribution in [2.45, 2.75) is 70.0 Å². The lowest BCUT2D eigenvalue weighted by Gasteiger charge is -2.49. The van der Waals surface area contributed by atoms with Crippen molar-refractivity contribution in [3.8, 4) is 0 Å². The van der Waals surface area contributed by atoms with Gasteiger partial charge < -0.3 is 9.47 Å². The van der Waals surface area contributed by atoms with Crippen LogP contribution in [0.3, 0.4) is 0 Å². The van der Waals surface area contributed by atoms with E-state index in [0.29, 0.717) is 12.0 Å². The van der Waals surface area contributed by atoms with Crippen molar-refractivity contribution in [3.63, 3.8) is 0 Å². The van der Waals surface area contributed by atoms with Crippen LogP contribution in [0.4, 0.5) is 13.6 Å². The average molecular weight is 441 g/mol. The maximum atomic E-state index is 15.1. The number of amidine groups is 1. The lowest BCUT2D eigenvalue weighted by molar-refractivity contribution is -0.0558. The van der Waals surface area contributed by atoms with Gasteiger partial charge in [-0.25, -0.2) is 18.6 Å². The van der Waals surface area contributed by atoms with Gasteiger partial charge in [0.2, 0.25) is 0 Å². The van der Waals surface area contributed by atoms with Gasteiger partial charge >= 0.3 is 6.09 Å². The van der Waals surface area contributed by atoms with Crippen LogP contribution in [0.15, 0.2) is 23.2 Å². The third kappa shape index (κ3) is 4.80. The minimum Gasteiger partial charge on any atom is -0.444 e. The van der Waals surface area contributed by atoms with Crippen molar-refractivity contribution in [2.24, 2.45) is 10.9 Å². The van der Waals surface area contributed by atoms with Crippen LogP contribution in [0.25, 0.3) is 0 Å². The molecule has 0 aromatic heterocycles. The highest BCUT2D eigenvalue weighted by Gasteiger charge is 2.53. The topological polar surface area (TPSA) is 59.9 Å². The number of carbonyl (C=O) groups is 1. The fourth-order valence-corrected chi connectivity index (χ4v) is 5.26. The van der Waals surface area contributed by atoms with E-state index in [1.165, 1.54) is 17.8 Å². The summed E-state index contributed by atoms with van der Waals surface area (Å²) >= 11 is 1.17. The lowest BCUT2D eigenvalue weighted by atomic mass is 9.72. The highest BCUT2D eigenvalue weighted by molar-refractivity contribution is 8.14. The molecule has 0 radical (unpaired) electrons. The molecule has 4 atom stereocenters. The van der Waals surface area contributed by atoms with Crippen LogP contribution in [-0.4, -0.2) is 41.5 Å². The predicted octanol–water partition coefficient (Wildman–Crippen LogP) is 4.97. The molecule has 30 heavy (non-hydrogen) atoms. The number of rotatable bonds is 3. The molecule has 3 rings (SSSR count). The largest absolute Gasteiger partial charge is 0.444 e. The van der Waals surface area contributed by atoms with Crippen molar-refractivity contribution in [1.29, 1.82) is 0 Å². The van der Waals surface area contributed by atoms with Crippen LogP contribution in [-0.2, 0) is 21.4 Å². The van der Waals surface area contributed by atoms with Gasteiger partial charge in [-0.1, -0.05) is 30.8 Å². The zero-order valence-electron chi connectivity index (χ0n) is 18.1. The van der Waals surface area contributed by atoms with Crippen molar-refractivity contribution in [2.75, 3.05) is 13.3 Å². The molecule has 2 aliphatic heterocycles. The number of fused-ring (bicyclic) bond motifs is 1. The van der Waals surface area contributed by atoms with E-state index in [1.54, 1.807) is 32.9 Å². The number of alkyl halides is 1. The normalized spacial score (nSPS) is 29.0. The molecule has 166 valence electrons. The third-order valence-electron chi connectivity index (χ3n) is 5.47. The molecule has 0 saturated carbocycles. The Balaban J connectivity index is 2.07. The number of aliphatic imine (C=N–C) groups is 1. The Hall–Kier alpha value is -1.67. The number of halogens is 2. The number of alkyl carbamates (subject to hydrolysis) is 1. The molecule has 1 aromatic rings. The van der Waals surface area contributed by atoms with Gasteiger partial charge in [0.05, 0.1) is 12.7 Å². The molecular weight excluding hydrogens is 410 g/mol. The Kier molecular flexibility index (Phi) is 6.77. The van der Waals surface area contributed by atoms with Gasteiger partial charge in [-0.15, -0.1) is 0 Å². The second kappa shape index (κ2) is 8.83. The van der Waals surface area contributed by atoms with E-state index in [0.717, 1.165) is 12.0 Å². The first-order valence-electron chi connectivity index (χ1n) is 10.3. The summed E-state index contributed by atoms with van der Waals surface area (Å²) in [5, 5.41) is 2.38. The first kappa shape index (κ1) is 23.0. The maximum absolute atomic E-state index is 15.1. The molecule has 2 aliphatic rings. The number of hydrogen-bond acceptors (Lipinski definition) is 5. The van der Waals surface area contributed by atoms with Gasteiger partial charge in [0.15, 0.2) is 5.17 Å². The van der Waals surface area contributed by atoms with Gasteiger partial charge in [-0.3, -0.25) is 5.32 Å². The summed E-state index contributed by atoms with van der Waals surface area (Å²) < 4.78 is 40.4. The molecule has 0 spiro atoms. The summed E-state index contributed by atoms with van der Waals surface area (Å²) in [5.74, 6) is -0.665. The molecule has 1 saturated heterocycles. The summed E-state index contributed by atoms with van der Waals surface area (Å²) in [6, 6.07) is 4.97. The summed E-state index contributed by atoms with van der Waals surface area (Å²) in [6.07, 6.45) is 0.540. The average Bonchev–Trinajstić information content (AvgIpc) is 2.66. The number of benzene rings is 1. The summed E-state index contributed by atoms with van der Waals surface area (Å²) in [6.45, 7) is 8.70. The van der Waals surface area contributed by atoms with Crippen LogP contribution < -0.4 is 5.32 Å². The number of aryl methyl sites for hydroxylation is 1. The first-order valence-corrected chi connectivity index (χ1v) is 11.2. The summed E-state index contributed by atoms with van der Waals surface area (Å²) in [5.41, 5.74) is -0.436. The predicted molar refractivity (Wildman–Crippen MR) is 115 cm³/mol. The number of carbonyl (C=O) groups excluding carboxylic acids is 1. The highest BCUT2D eigenvalue weighted by Crippen LogP contribution is 2.50. The van der Waals surface area contributed by atoms with Crippen molar-refractivity contribution >= 4 is 23.0 Å². The van der Waals surface area contributed by atoms with E-state index in [4.69, 9.17) is 14.5 Å². The van der Waals surface area contributed by atoms with Crippen LogP contribution in [0.5, 0.6) is 0 Å². The van der Waals surface area contributed by atoms with Crippen molar-refractivity contribution in [1.82, 2.24) is 5.32 Å². The molecule has 1 amide bonds. The SMILES string of the molecule is CCc1ccc(F)c([C@]23CO[C@@H](C)C[C@H]2[C@@H](CF)SC(NC(=O)OC(C)(C)C)=N3)c1. The van der Waals surface area contributed by atoms with Crippen LogP contribution in [0, 0.1) is 11.7 Å². The lowest BCUT2D eigenvalue weighted by Crippen LogP contribution is -2.54. The second-order valence-corrected chi connectivity index (χ2v) is 10.1. The van der Waals surface area contributed by atoms with E-state index in [-0.39, 0.29) is 23.8 Å². The monoisotopic (exact) mass is 440 g/mol. The highest BCUT2D eigenvalue weighted by atomic mass is 32.2. The Bertz CT molecular complexity index is 827. The minimum atomic E-state index is -1.10. The third-order valence-corrected chi connectivity index (χ3v) is 6.64. The number of thioether (sulfide) groups is 1. The van der Waals surface area contributed by atoms with Gasteiger partial charge in [0, 0.05) is 16.7 Å². The molecule has 1 N–H and O–H groups in total. The number of hydrogen-bond donors (Lipinski definition) is 1. The number of nitrogens with zero attached hydrogens (tertiary/aromatic N) is 1. The van der Waals surface area contributed by atoms with Crippen molar-refractivity contribution < 1.29 is 23.0 Å². The zero-order chi connectivity index (χ0) is 22.1. The Morgan fingerprint density at radius 3 is 2.80 bits per heavy atom. The van der Waals surface area contributed by atoms with Crippen LogP contribution in [0.1, 0.15) is 52.2 Å². The Morgan fingerprint density at radius 2 is 2.17 bits per heavy atom. The fraction of sp³-hybridized carbons (Fsp3) is 0.636. The molecule has 1 aromatic carbocycles. The standard InChI is InChI=1S/C22H30F2N2O3S/c1-6-14-7-8-17(24)15(10-14)22-12-28-13(2)9-16(22)18(11-23)30-19(26-22)25-20(27)29-21(3,4)5/h7-8,10,13,16,18H,6,9,11-12H2,1-5H3,(H,25,26,27)/t13-,16-,18+,22+/m0/s1. The molecule has 1 fully saturated rings.